The molecule has 27 heavy (non-hydrogen) atoms. The molecule has 0 aliphatic carbocycles. The first kappa shape index (κ1) is 19.2. The van der Waals surface area contributed by atoms with Crippen LogP contribution in [0.15, 0.2) is 41.7 Å². The number of rotatable bonds is 4. The number of nitrogens with zero attached hydrogens (tertiary/aromatic N) is 4. The first-order valence-corrected chi connectivity index (χ1v) is 9.69. The summed E-state index contributed by atoms with van der Waals surface area (Å²) in [5, 5.41) is 8.05. The van der Waals surface area contributed by atoms with Gasteiger partial charge in [-0.15, -0.1) is 0 Å². The van der Waals surface area contributed by atoms with Gasteiger partial charge in [-0.25, -0.2) is 14.1 Å². The van der Waals surface area contributed by atoms with Gasteiger partial charge in [-0.3, -0.25) is 9.36 Å². The molecule has 2 heterocycles. The number of aromatic nitrogens is 4. The average molecular weight is 387 g/mol. The molecule has 3 rings (SSSR count). The van der Waals surface area contributed by atoms with Crippen LogP contribution in [0.3, 0.4) is 0 Å². The Morgan fingerprint density at radius 1 is 1.22 bits per heavy atom. The molecule has 8 heteroatoms. The van der Waals surface area contributed by atoms with Crippen LogP contribution in [-0.2, 0) is 5.54 Å². The summed E-state index contributed by atoms with van der Waals surface area (Å²) in [6.45, 7) is 7.93. The Labute approximate surface area is 161 Å². The van der Waals surface area contributed by atoms with Crippen LogP contribution in [0.25, 0.3) is 5.69 Å². The van der Waals surface area contributed by atoms with E-state index in [-0.39, 0.29) is 17.3 Å². The van der Waals surface area contributed by atoms with E-state index in [4.69, 9.17) is 0 Å². The topological polar surface area (TPSA) is 64.7 Å². The standard InChI is InChI=1S/C19H22FN5OS/c1-12-10-16(25(23-12)19(2,3)4)22-17(26)15-11-21-18(27-5)24(15)14-8-6-13(20)7-9-14/h6-11H,1-5H3,(H,22,26). The van der Waals surface area contributed by atoms with E-state index in [1.807, 2.05) is 40.0 Å². The Hall–Kier alpha value is -2.61. The Morgan fingerprint density at radius 3 is 2.48 bits per heavy atom. The van der Waals surface area contributed by atoms with Crippen LogP contribution in [0.2, 0.25) is 0 Å². The third-order valence-corrected chi connectivity index (χ3v) is 4.59. The number of hydrogen-bond donors (Lipinski definition) is 1. The molecule has 0 aliphatic heterocycles. The number of carbonyl (C=O) groups excluding carboxylic acids is 1. The van der Waals surface area contributed by atoms with E-state index in [1.54, 1.807) is 21.4 Å². The van der Waals surface area contributed by atoms with Gasteiger partial charge < -0.3 is 5.32 Å². The lowest BCUT2D eigenvalue weighted by atomic mass is 10.1. The molecule has 6 nitrogen and oxygen atoms in total. The fraction of sp³-hybridized carbons (Fsp3) is 0.316. The van der Waals surface area contributed by atoms with Gasteiger partial charge in [0.2, 0.25) is 0 Å². The van der Waals surface area contributed by atoms with Crippen molar-refractivity contribution in [2.45, 2.75) is 38.4 Å². The first-order chi connectivity index (χ1) is 12.7. The maximum absolute atomic E-state index is 13.3. The summed E-state index contributed by atoms with van der Waals surface area (Å²) in [4.78, 5) is 17.3. The van der Waals surface area contributed by atoms with Crippen molar-refractivity contribution in [1.82, 2.24) is 19.3 Å². The molecule has 0 aliphatic rings. The van der Waals surface area contributed by atoms with Gasteiger partial charge in [0.1, 0.15) is 17.3 Å². The van der Waals surface area contributed by atoms with Crippen LogP contribution in [0.4, 0.5) is 10.2 Å². The zero-order valence-corrected chi connectivity index (χ0v) is 16.8. The first-order valence-electron chi connectivity index (χ1n) is 8.47. The Balaban J connectivity index is 2.00. The monoisotopic (exact) mass is 387 g/mol. The smallest absolute Gasteiger partial charge is 0.275 e. The predicted molar refractivity (Wildman–Crippen MR) is 105 cm³/mol. The summed E-state index contributed by atoms with van der Waals surface area (Å²) in [6, 6.07) is 7.80. The zero-order chi connectivity index (χ0) is 19.8. The van der Waals surface area contributed by atoms with E-state index in [9.17, 15) is 9.18 Å². The highest BCUT2D eigenvalue weighted by molar-refractivity contribution is 7.98. The lowest BCUT2D eigenvalue weighted by Crippen LogP contribution is -2.27. The van der Waals surface area contributed by atoms with Gasteiger partial charge in [0.05, 0.1) is 17.4 Å². The van der Waals surface area contributed by atoms with Gasteiger partial charge in [0.25, 0.3) is 5.91 Å². The predicted octanol–water partition coefficient (Wildman–Crippen LogP) is 4.25. The fourth-order valence-electron chi connectivity index (χ4n) is 2.76. The molecule has 1 amide bonds. The minimum absolute atomic E-state index is 0.279. The SMILES string of the molecule is CSc1ncc(C(=O)Nc2cc(C)nn2C(C)(C)C)n1-c1ccc(F)cc1. The van der Waals surface area contributed by atoms with Crippen molar-refractivity contribution in [3.05, 3.63) is 53.7 Å². The highest BCUT2D eigenvalue weighted by atomic mass is 32.2. The molecule has 1 N–H and O–H groups in total. The second-order valence-electron chi connectivity index (χ2n) is 7.15. The second kappa shape index (κ2) is 7.19. The largest absolute Gasteiger partial charge is 0.305 e. The quantitative estimate of drug-likeness (QED) is 0.680. The minimum Gasteiger partial charge on any atom is -0.305 e. The number of anilines is 1. The van der Waals surface area contributed by atoms with Gasteiger partial charge in [0.15, 0.2) is 5.16 Å². The normalized spacial score (nSPS) is 11.6. The maximum Gasteiger partial charge on any atom is 0.275 e. The number of imidazole rings is 1. The Morgan fingerprint density at radius 2 is 1.89 bits per heavy atom. The van der Waals surface area contributed by atoms with Gasteiger partial charge in [-0.05, 0) is 58.2 Å². The summed E-state index contributed by atoms with van der Waals surface area (Å²) >= 11 is 1.41. The van der Waals surface area contributed by atoms with Crippen molar-refractivity contribution in [3.8, 4) is 5.69 Å². The molecule has 2 aromatic heterocycles. The summed E-state index contributed by atoms with van der Waals surface area (Å²) in [5.41, 5.74) is 1.57. The van der Waals surface area contributed by atoms with E-state index >= 15 is 0 Å². The molecular formula is C19H22FN5OS. The van der Waals surface area contributed by atoms with Crippen LogP contribution in [-0.4, -0.2) is 31.5 Å². The van der Waals surface area contributed by atoms with E-state index < -0.39 is 0 Å². The number of halogens is 1. The summed E-state index contributed by atoms with van der Waals surface area (Å²) in [7, 11) is 0. The summed E-state index contributed by atoms with van der Waals surface area (Å²) in [6.07, 6.45) is 3.40. The van der Waals surface area contributed by atoms with Crippen molar-refractivity contribution in [2.24, 2.45) is 0 Å². The third-order valence-electron chi connectivity index (χ3n) is 3.94. The van der Waals surface area contributed by atoms with Crippen molar-refractivity contribution < 1.29 is 9.18 Å². The van der Waals surface area contributed by atoms with Crippen molar-refractivity contribution in [3.63, 3.8) is 0 Å². The van der Waals surface area contributed by atoms with E-state index in [0.717, 1.165) is 5.69 Å². The molecule has 0 fully saturated rings. The van der Waals surface area contributed by atoms with Crippen LogP contribution in [0.5, 0.6) is 0 Å². The number of amides is 1. The highest BCUT2D eigenvalue weighted by Crippen LogP contribution is 2.25. The third kappa shape index (κ3) is 3.90. The zero-order valence-electron chi connectivity index (χ0n) is 15.9. The van der Waals surface area contributed by atoms with Crippen LogP contribution >= 0.6 is 11.8 Å². The number of benzene rings is 1. The molecule has 142 valence electrons. The molecule has 3 aromatic rings. The van der Waals surface area contributed by atoms with E-state index in [2.05, 4.69) is 15.4 Å². The lowest BCUT2D eigenvalue weighted by Gasteiger charge is -2.22. The van der Waals surface area contributed by atoms with Crippen LogP contribution in [0, 0.1) is 12.7 Å². The summed E-state index contributed by atoms with van der Waals surface area (Å²) < 4.78 is 16.8. The van der Waals surface area contributed by atoms with Crippen molar-refractivity contribution in [1.29, 1.82) is 0 Å². The molecule has 0 saturated carbocycles. The van der Waals surface area contributed by atoms with Crippen molar-refractivity contribution >= 4 is 23.5 Å². The maximum atomic E-state index is 13.3. The Bertz CT molecular complexity index is 969. The van der Waals surface area contributed by atoms with Gasteiger partial charge in [-0.1, -0.05) is 11.8 Å². The second-order valence-corrected chi connectivity index (χ2v) is 7.92. The summed E-state index contributed by atoms with van der Waals surface area (Å²) in [5.74, 6) is -0.0276. The molecule has 0 radical (unpaired) electrons. The lowest BCUT2D eigenvalue weighted by molar-refractivity contribution is 0.101. The molecule has 0 spiro atoms. The molecule has 1 aromatic carbocycles. The highest BCUT2D eigenvalue weighted by Gasteiger charge is 2.23. The molecule has 0 atom stereocenters. The minimum atomic E-state index is -0.333. The van der Waals surface area contributed by atoms with E-state index in [1.165, 1.54) is 30.1 Å². The molecule has 0 bridgehead atoms. The van der Waals surface area contributed by atoms with Crippen LogP contribution < -0.4 is 5.32 Å². The number of hydrogen-bond acceptors (Lipinski definition) is 4. The van der Waals surface area contributed by atoms with Gasteiger partial charge >= 0.3 is 0 Å². The van der Waals surface area contributed by atoms with E-state index in [0.29, 0.717) is 22.4 Å². The number of nitrogens with one attached hydrogen (secondary N) is 1. The van der Waals surface area contributed by atoms with Gasteiger partial charge in [-0.2, -0.15) is 5.10 Å². The number of thioether (sulfide) groups is 1. The van der Waals surface area contributed by atoms with Crippen molar-refractivity contribution in [2.75, 3.05) is 11.6 Å². The van der Waals surface area contributed by atoms with Crippen LogP contribution in [0.1, 0.15) is 37.0 Å². The molecule has 0 unspecified atom stereocenters. The average Bonchev–Trinajstić information content (AvgIpc) is 3.18. The molecule has 0 saturated heterocycles. The number of aryl methyl sites for hydroxylation is 1. The van der Waals surface area contributed by atoms with Gasteiger partial charge in [0, 0.05) is 11.8 Å². The Kier molecular flexibility index (Phi) is 5.10. The fourth-order valence-corrected chi connectivity index (χ4v) is 3.30. The number of carbonyl (C=O) groups is 1. The molecular weight excluding hydrogens is 365 g/mol.